The number of halogens is 1. The number of carbonyl (C=O) groups is 1. The van der Waals surface area contributed by atoms with Crippen LogP contribution in [0.5, 0.6) is 0 Å². The molecule has 0 saturated carbocycles. The highest BCUT2D eigenvalue weighted by Crippen LogP contribution is 2.28. The molecule has 0 aliphatic rings. The van der Waals surface area contributed by atoms with Gasteiger partial charge in [-0.15, -0.1) is 0 Å². The van der Waals surface area contributed by atoms with Gasteiger partial charge in [0.1, 0.15) is 0 Å². The number of aliphatic carboxylic acids is 1. The summed E-state index contributed by atoms with van der Waals surface area (Å²) in [5.41, 5.74) is 2.81. The van der Waals surface area contributed by atoms with E-state index in [0.29, 0.717) is 10.2 Å². The van der Waals surface area contributed by atoms with E-state index in [1.807, 2.05) is 36.6 Å². The number of rotatable bonds is 4. The Morgan fingerprint density at radius 2 is 2.21 bits per heavy atom. The summed E-state index contributed by atoms with van der Waals surface area (Å²) < 4.78 is 1.87. The molecular formula is C13H13ClN2O2S. The number of hydrogen-bond donors (Lipinski definition) is 1. The van der Waals surface area contributed by atoms with Crippen LogP contribution in [0.25, 0.3) is 5.69 Å². The van der Waals surface area contributed by atoms with Gasteiger partial charge in [-0.25, -0.2) is 4.98 Å². The van der Waals surface area contributed by atoms with Gasteiger partial charge in [0.05, 0.1) is 16.5 Å². The molecule has 0 bridgehead atoms. The highest BCUT2D eigenvalue weighted by atomic mass is 35.5. The van der Waals surface area contributed by atoms with Gasteiger partial charge in [0, 0.05) is 11.9 Å². The molecule has 100 valence electrons. The third-order valence-electron chi connectivity index (χ3n) is 2.57. The first-order valence-electron chi connectivity index (χ1n) is 5.64. The van der Waals surface area contributed by atoms with Gasteiger partial charge in [0.15, 0.2) is 5.16 Å². The van der Waals surface area contributed by atoms with E-state index in [0.717, 1.165) is 16.9 Å². The summed E-state index contributed by atoms with van der Waals surface area (Å²) >= 11 is 7.43. The van der Waals surface area contributed by atoms with Gasteiger partial charge >= 0.3 is 5.97 Å². The highest BCUT2D eigenvalue weighted by molar-refractivity contribution is 7.99. The van der Waals surface area contributed by atoms with Gasteiger partial charge in [-0.05, 0) is 31.5 Å². The lowest BCUT2D eigenvalue weighted by atomic mass is 10.2. The summed E-state index contributed by atoms with van der Waals surface area (Å²) in [5.74, 6) is -0.896. The zero-order valence-corrected chi connectivity index (χ0v) is 12.1. The maximum Gasteiger partial charge on any atom is 0.313 e. The Hall–Kier alpha value is -1.46. The molecule has 19 heavy (non-hydrogen) atoms. The topological polar surface area (TPSA) is 55.1 Å². The summed E-state index contributed by atoms with van der Waals surface area (Å²) in [5, 5.41) is 10.0. The molecule has 0 fully saturated rings. The van der Waals surface area contributed by atoms with Crippen molar-refractivity contribution in [3.63, 3.8) is 0 Å². The predicted octanol–water partition coefficient (Wildman–Crippen LogP) is 3.32. The van der Waals surface area contributed by atoms with Gasteiger partial charge in [0.25, 0.3) is 0 Å². The molecule has 1 aromatic carbocycles. The molecule has 0 radical (unpaired) electrons. The summed E-state index contributed by atoms with van der Waals surface area (Å²) in [6.07, 6.45) is 1.71. The molecule has 1 heterocycles. The van der Waals surface area contributed by atoms with Crippen LogP contribution in [-0.4, -0.2) is 26.4 Å². The average molecular weight is 297 g/mol. The van der Waals surface area contributed by atoms with Crippen LogP contribution < -0.4 is 0 Å². The molecule has 0 aliphatic carbocycles. The lowest BCUT2D eigenvalue weighted by Gasteiger charge is -2.11. The number of hydrogen-bond acceptors (Lipinski definition) is 3. The molecule has 0 unspecified atom stereocenters. The van der Waals surface area contributed by atoms with E-state index >= 15 is 0 Å². The smallest absolute Gasteiger partial charge is 0.313 e. The summed E-state index contributed by atoms with van der Waals surface area (Å²) in [6.45, 7) is 3.88. The fraction of sp³-hybridized carbons (Fsp3) is 0.231. The third kappa shape index (κ3) is 3.11. The monoisotopic (exact) mass is 296 g/mol. The molecular weight excluding hydrogens is 284 g/mol. The summed E-state index contributed by atoms with van der Waals surface area (Å²) in [6, 6.07) is 5.76. The van der Waals surface area contributed by atoms with Crippen molar-refractivity contribution >= 4 is 29.3 Å². The fourth-order valence-electron chi connectivity index (χ4n) is 1.73. The quantitative estimate of drug-likeness (QED) is 0.879. The predicted molar refractivity (Wildman–Crippen MR) is 76.4 cm³/mol. The van der Waals surface area contributed by atoms with Crippen LogP contribution in [0.3, 0.4) is 0 Å². The Morgan fingerprint density at radius 1 is 1.47 bits per heavy atom. The van der Waals surface area contributed by atoms with Gasteiger partial charge in [0.2, 0.25) is 0 Å². The number of benzene rings is 1. The van der Waals surface area contributed by atoms with Gasteiger partial charge in [-0.3, -0.25) is 9.36 Å². The highest BCUT2D eigenvalue weighted by Gasteiger charge is 2.13. The van der Waals surface area contributed by atoms with Crippen LogP contribution in [0.2, 0.25) is 5.02 Å². The van der Waals surface area contributed by atoms with E-state index in [2.05, 4.69) is 4.98 Å². The van der Waals surface area contributed by atoms with E-state index in [1.54, 1.807) is 6.20 Å². The number of carboxylic acid groups (broad SMARTS) is 1. The van der Waals surface area contributed by atoms with Gasteiger partial charge < -0.3 is 5.11 Å². The molecule has 2 aromatic rings. The number of imidazole rings is 1. The minimum atomic E-state index is -0.868. The molecule has 0 aliphatic heterocycles. The van der Waals surface area contributed by atoms with Crippen LogP contribution >= 0.6 is 23.4 Å². The zero-order chi connectivity index (χ0) is 14.0. The van der Waals surface area contributed by atoms with E-state index < -0.39 is 5.97 Å². The SMILES string of the molecule is Cc1ccc(-n2c(C)cnc2SCC(=O)O)c(Cl)c1. The van der Waals surface area contributed by atoms with E-state index in [-0.39, 0.29) is 5.75 Å². The minimum absolute atomic E-state index is 0.0278. The second kappa shape index (κ2) is 5.67. The van der Waals surface area contributed by atoms with E-state index in [1.165, 1.54) is 11.8 Å². The maximum atomic E-state index is 10.7. The Labute approximate surface area is 120 Å². The fourth-order valence-corrected chi connectivity index (χ4v) is 2.80. The largest absolute Gasteiger partial charge is 0.481 e. The molecule has 0 amide bonds. The van der Waals surface area contributed by atoms with Crippen molar-refractivity contribution in [2.24, 2.45) is 0 Å². The second-order valence-corrected chi connectivity index (χ2v) is 5.50. The number of aryl methyl sites for hydroxylation is 2. The maximum absolute atomic E-state index is 10.7. The molecule has 1 aromatic heterocycles. The van der Waals surface area contributed by atoms with E-state index in [4.69, 9.17) is 16.7 Å². The van der Waals surface area contributed by atoms with Crippen molar-refractivity contribution in [2.75, 3.05) is 5.75 Å². The first-order chi connectivity index (χ1) is 8.99. The van der Waals surface area contributed by atoms with Crippen molar-refractivity contribution in [3.8, 4) is 5.69 Å². The summed E-state index contributed by atoms with van der Waals surface area (Å²) in [4.78, 5) is 14.9. The van der Waals surface area contributed by atoms with Crippen LogP contribution in [0.15, 0.2) is 29.6 Å². The van der Waals surface area contributed by atoms with E-state index in [9.17, 15) is 4.79 Å². The Bertz CT molecular complexity index is 625. The average Bonchev–Trinajstić information content (AvgIpc) is 2.68. The second-order valence-electron chi connectivity index (χ2n) is 4.15. The number of aromatic nitrogens is 2. The molecule has 6 heteroatoms. The Kier molecular flexibility index (Phi) is 4.17. The molecule has 0 atom stereocenters. The van der Waals surface area contributed by atoms with Crippen molar-refractivity contribution in [3.05, 3.63) is 40.7 Å². The molecule has 0 saturated heterocycles. The van der Waals surface area contributed by atoms with Crippen LogP contribution in [-0.2, 0) is 4.79 Å². The normalized spacial score (nSPS) is 10.7. The lowest BCUT2D eigenvalue weighted by molar-refractivity contribution is -0.133. The number of nitrogens with zero attached hydrogens (tertiary/aromatic N) is 2. The summed E-state index contributed by atoms with van der Waals surface area (Å²) in [7, 11) is 0. The first kappa shape index (κ1) is 14.0. The minimum Gasteiger partial charge on any atom is -0.481 e. The third-order valence-corrected chi connectivity index (χ3v) is 3.81. The van der Waals surface area contributed by atoms with Crippen molar-refractivity contribution in [1.82, 2.24) is 9.55 Å². The first-order valence-corrected chi connectivity index (χ1v) is 7.01. The lowest BCUT2D eigenvalue weighted by Crippen LogP contribution is -2.03. The Balaban J connectivity index is 2.43. The number of carboxylic acids is 1. The van der Waals surface area contributed by atoms with Crippen molar-refractivity contribution in [1.29, 1.82) is 0 Å². The van der Waals surface area contributed by atoms with Crippen molar-refractivity contribution < 1.29 is 9.90 Å². The van der Waals surface area contributed by atoms with Crippen LogP contribution in [0.4, 0.5) is 0 Å². The van der Waals surface area contributed by atoms with Gasteiger partial charge in [-0.1, -0.05) is 29.4 Å². The number of thioether (sulfide) groups is 1. The molecule has 1 N–H and O–H groups in total. The standard InChI is InChI=1S/C13H13ClN2O2S/c1-8-3-4-11(10(14)5-8)16-9(2)6-15-13(16)19-7-12(17)18/h3-6H,7H2,1-2H3,(H,17,18). The van der Waals surface area contributed by atoms with Crippen LogP contribution in [0.1, 0.15) is 11.3 Å². The molecule has 4 nitrogen and oxygen atoms in total. The molecule has 2 rings (SSSR count). The molecule has 0 spiro atoms. The Morgan fingerprint density at radius 3 is 2.84 bits per heavy atom. The van der Waals surface area contributed by atoms with Crippen molar-refractivity contribution in [2.45, 2.75) is 19.0 Å². The zero-order valence-electron chi connectivity index (χ0n) is 10.6. The van der Waals surface area contributed by atoms with Gasteiger partial charge in [-0.2, -0.15) is 0 Å². The van der Waals surface area contributed by atoms with Crippen LogP contribution in [0, 0.1) is 13.8 Å².